The standard InChI is InChI=1S/C24H26N2O6/c27-21(28)10-5-12-25-23(29)22-20(11-13-31-22)26-24(30)32-14-19-17-8-3-1-6-15(17)16-7-2-4-9-18(16)19/h1-4,6-9,19-20,22H,5,10-14H2,(H,25,29)(H,26,30)(H,27,28). The third-order valence-electron chi connectivity index (χ3n) is 5.86. The number of hydrogen-bond acceptors (Lipinski definition) is 5. The smallest absolute Gasteiger partial charge is 0.407 e. The summed E-state index contributed by atoms with van der Waals surface area (Å²) in [6, 6.07) is 15.7. The molecular formula is C24H26N2O6. The van der Waals surface area contributed by atoms with Crippen molar-refractivity contribution in [3.8, 4) is 11.1 Å². The van der Waals surface area contributed by atoms with Crippen molar-refractivity contribution >= 4 is 18.0 Å². The van der Waals surface area contributed by atoms with Gasteiger partial charge < -0.3 is 25.2 Å². The van der Waals surface area contributed by atoms with Crippen LogP contribution in [0.2, 0.25) is 0 Å². The molecule has 0 aromatic heterocycles. The molecule has 0 bridgehead atoms. The molecule has 168 valence electrons. The van der Waals surface area contributed by atoms with Crippen LogP contribution in [0.3, 0.4) is 0 Å². The van der Waals surface area contributed by atoms with Crippen LogP contribution in [0.4, 0.5) is 4.79 Å². The summed E-state index contributed by atoms with van der Waals surface area (Å²) in [4.78, 5) is 35.4. The van der Waals surface area contributed by atoms with Crippen molar-refractivity contribution in [1.82, 2.24) is 10.6 Å². The van der Waals surface area contributed by atoms with Gasteiger partial charge in [0.15, 0.2) is 6.10 Å². The maximum atomic E-state index is 12.5. The molecule has 2 atom stereocenters. The Kier molecular flexibility index (Phi) is 6.70. The van der Waals surface area contributed by atoms with E-state index >= 15 is 0 Å². The van der Waals surface area contributed by atoms with Gasteiger partial charge in [0, 0.05) is 25.5 Å². The Morgan fingerprint density at radius 3 is 2.34 bits per heavy atom. The van der Waals surface area contributed by atoms with E-state index in [1.54, 1.807) is 0 Å². The molecule has 2 aromatic rings. The average Bonchev–Trinajstić information content (AvgIpc) is 3.37. The normalized spacial score (nSPS) is 19.1. The second-order valence-corrected chi connectivity index (χ2v) is 7.94. The van der Waals surface area contributed by atoms with E-state index in [1.807, 2.05) is 24.3 Å². The lowest BCUT2D eigenvalue weighted by Gasteiger charge is -2.20. The van der Waals surface area contributed by atoms with Crippen LogP contribution in [0.15, 0.2) is 48.5 Å². The van der Waals surface area contributed by atoms with Crippen molar-refractivity contribution in [2.75, 3.05) is 19.8 Å². The minimum atomic E-state index is -0.911. The van der Waals surface area contributed by atoms with Gasteiger partial charge >= 0.3 is 12.1 Å². The number of hydrogen-bond donors (Lipinski definition) is 3. The first kappa shape index (κ1) is 21.8. The highest BCUT2D eigenvalue weighted by Gasteiger charge is 2.36. The third-order valence-corrected chi connectivity index (χ3v) is 5.86. The number of carboxylic acid groups (broad SMARTS) is 1. The molecule has 8 nitrogen and oxygen atoms in total. The fourth-order valence-corrected chi connectivity index (χ4v) is 4.34. The number of nitrogens with one attached hydrogen (secondary N) is 2. The van der Waals surface area contributed by atoms with Crippen LogP contribution in [0, 0.1) is 0 Å². The molecule has 8 heteroatoms. The first-order valence-corrected chi connectivity index (χ1v) is 10.8. The molecule has 2 unspecified atom stereocenters. The zero-order valence-corrected chi connectivity index (χ0v) is 17.6. The van der Waals surface area contributed by atoms with Crippen LogP contribution in [-0.4, -0.2) is 55.0 Å². The molecule has 3 N–H and O–H groups in total. The summed E-state index contributed by atoms with van der Waals surface area (Å²) in [5.41, 5.74) is 4.57. The highest BCUT2D eigenvalue weighted by Crippen LogP contribution is 2.44. The van der Waals surface area contributed by atoms with E-state index in [9.17, 15) is 14.4 Å². The zero-order valence-electron chi connectivity index (χ0n) is 17.6. The Hall–Kier alpha value is -3.39. The quantitative estimate of drug-likeness (QED) is 0.546. The predicted molar refractivity (Wildman–Crippen MR) is 116 cm³/mol. The largest absolute Gasteiger partial charge is 0.481 e. The average molecular weight is 438 g/mol. The molecule has 2 amide bonds. The van der Waals surface area contributed by atoms with Gasteiger partial charge in [-0.05, 0) is 35.1 Å². The Morgan fingerprint density at radius 2 is 1.69 bits per heavy atom. The number of aliphatic carboxylic acids is 1. The van der Waals surface area contributed by atoms with Crippen molar-refractivity contribution in [2.24, 2.45) is 0 Å². The number of amides is 2. The van der Waals surface area contributed by atoms with Crippen molar-refractivity contribution in [2.45, 2.75) is 37.3 Å². The van der Waals surface area contributed by atoms with Gasteiger partial charge in [-0.1, -0.05) is 48.5 Å². The Bertz CT molecular complexity index is 962. The molecule has 0 spiro atoms. The van der Waals surface area contributed by atoms with E-state index in [1.165, 1.54) is 0 Å². The van der Waals surface area contributed by atoms with Gasteiger partial charge in [-0.3, -0.25) is 9.59 Å². The molecular weight excluding hydrogens is 412 g/mol. The van der Waals surface area contributed by atoms with Gasteiger partial charge in [-0.2, -0.15) is 0 Å². The van der Waals surface area contributed by atoms with E-state index in [-0.39, 0.29) is 31.4 Å². The molecule has 2 aliphatic rings. The minimum Gasteiger partial charge on any atom is -0.481 e. The SMILES string of the molecule is O=C(O)CCCNC(=O)C1OCCC1NC(=O)OCC1c2ccccc2-c2ccccc21. The third kappa shape index (κ3) is 4.75. The Labute approximate surface area is 185 Å². The van der Waals surface area contributed by atoms with Crippen LogP contribution in [0.1, 0.15) is 36.3 Å². The molecule has 1 saturated heterocycles. The van der Waals surface area contributed by atoms with Crippen molar-refractivity contribution in [3.05, 3.63) is 59.7 Å². The number of fused-ring (bicyclic) bond motifs is 3. The second kappa shape index (κ2) is 9.82. The first-order chi connectivity index (χ1) is 15.5. The lowest BCUT2D eigenvalue weighted by molar-refractivity contribution is -0.137. The number of alkyl carbamates (subject to hydrolysis) is 1. The second-order valence-electron chi connectivity index (χ2n) is 7.94. The fraction of sp³-hybridized carbons (Fsp3) is 0.375. The summed E-state index contributed by atoms with van der Waals surface area (Å²) in [7, 11) is 0. The summed E-state index contributed by atoms with van der Waals surface area (Å²) in [5.74, 6) is -1.32. The fourth-order valence-electron chi connectivity index (χ4n) is 4.34. The van der Waals surface area contributed by atoms with Crippen molar-refractivity contribution in [3.63, 3.8) is 0 Å². The van der Waals surface area contributed by atoms with Gasteiger partial charge in [0.1, 0.15) is 6.61 Å². The monoisotopic (exact) mass is 438 g/mol. The molecule has 1 fully saturated rings. The van der Waals surface area contributed by atoms with E-state index in [4.69, 9.17) is 14.6 Å². The van der Waals surface area contributed by atoms with Crippen molar-refractivity contribution in [1.29, 1.82) is 0 Å². The van der Waals surface area contributed by atoms with Crippen LogP contribution >= 0.6 is 0 Å². The van der Waals surface area contributed by atoms with Crippen LogP contribution < -0.4 is 10.6 Å². The van der Waals surface area contributed by atoms with E-state index in [0.29, 0.717) is 19.4 Å². The molecule has 1 aliphatic carbocycles. The number of carbonyl (C=O) groups excluding carboxylic acids is 2. The van der Waals surface area contributed by atoms with Crippen LogP contribution in [-0.2, 0) is 19.1 Å². The van der Waals surface area contributed by atoms with Crippen LogP contribution in [0.25, 0.3) is 11.1 Å². The maximum Gasteiger partial charge on any atom is 0.407 e. The summed E-state index contributed by atoms with van der Waals surface area (Å²) in [6.45, 7) is 0.781. The minimum absolute atomic E-state index is 0.0206. The number of carboxylic acids is 1. The number of rotatable bonds is 8. The molecule has 1 heterocycles. The Balaban J connectivity index is 1.31. The lowest BCUT2D eigenvalue weighted by atomic mass is 9.98. The topological polar surface area (TPSA) is 114 Å². The Morgan fingerprint density at radius 1 is 1.03 bits per heavy atom. The maximum absolute atomic E-state index is 12.5. The number of ether oxygens (including phenoxy) is 2. The van der Waals surface area contributed by atoms with Gasteiger partial charge in [0.2, 0.25) is 0 Å². The van der Waals surface area contributed by atoms with Gasteiger partial charge in [-0.15, -0.1) is 0 Å². The molecule has 2 aromatic carbocycles. The summed E-state index contributed by atoms with van der Waals surface area (Å²) in [5, 5.41) is 14.1. The van der Waals surface area contributed by atoms with E-state index in [0.717, 1.165) is 22.3 Å². The molecule has 0 radical (unpaired) electrons. The first-order valence-electron chi connectivity index (χ1n) is 10.8. The summed E-state index contributed by atoms with van der Waals surface area (Å²) in [6.07, 6.45) is -0.602. The summed E-state index contributed by atoms with van der Waals surface area (Å²) < 4.78 is 11.0. The van der Waals surface area contributed by atoms with E-state index < -0.39 is 24.2 Å². The number of benzene rings is 2. The highest BCUT2D eigenvalue weighted by atomic mass is 16.6. The van der Waals surface area contributed by atoms with Gasteiger partial charge in [-0.25, -0.2) is 4.79 Å². The van der Waals surface area contributed by atoms with E-state index in [2.05, 4.69) is 34.9 Å². The lowest BCUT2D eigenvalue weighted by Crippen LogP contribution is -2.48. The van der Waals surface area contributed by atoms with Gasteiger partial charge in [0.25, 0.3) is 5.91 Å². The molecule has 0 saturated carbocycles. The van der Waals surface area contributed by atoms with Crippen LogP contribution in [0.5, 0.6) is 0 Å². The summed E-state index contributed by atoms with van der Waals surface area (Å²) >= 11 is 0. The number of carbonyl (C=O) groups is 3. The molecule has 4 rings (SSSR count). The highest BCUT2D eigenvalue weighted by molar-refractivity contribution is 5.83. The van der Waals surface area contributed by atoms with Crippen molar-refractivity contribution < 1.29 is 29.0 Å². The van der Waals surface area contributed by atoms with Gasteiger partial charge in [0.05, 0.1) is 6.04 Å². The molecule has 32 heavy (non-hydrogen) atoms. The molecule has 1 aliphatic heterocycles. The predicted octanol–water partition coefficient (Wildman–Crippen LogP) is 2.66. The zero-order chi connectivity index (χ0) is 22.5.